The van der Waals surface area contributed by atoms with E-state index in [-0.39, 0.29) is 16.7 Å². The Morgan fingerprint density at radius 3 is 2.61 bits per heavy atom. The number of carbonyl (C=O) groups is 1. The Bertz CT molecular complexity index is 523. The van der Waals surface area contributed by atoms with E-state index in [4.69, 9.17) is 0 Å². The molecule has 1 N–H and O–H groups in total. The SMILES string of the molecule is CCCC(C)NS(=O)(=O)c1cccc(C(C)=O)c1. The molecule has 18 heavy (non-hydrogen) atoms. The van der Waals surface area contributed by atoms with E-state index in [0.717, 1.165) is 12.8 Å². The molecule has 0 amide bonds. The van der Waals surface area contributed by atoms with Gasteiger partial charge in [0, 0.05) is 11.6 Å². The lowest BCUT2D eigenvalue weighted by Crippen LogP contribution is -2.32. The van der Waals surface area contributed by atoms with E-state index in [1.54, 1.807) is 12.1 Å². The predicted molar refractivity (Wildman–Crippen MR) is 71.1 cm³/mol. The second-order valence-corrected chi connectivity index (χ2v) is 6.11. The van der Waals surface area contributed by atoms with E-state index in [0.29, 0.717) is 5.56 Å². The average Bonchev–Trinajstić information content (AvgIpc) is 2.28. The highest BCUT2D eigenvalue weighted by Gasteiger charge is 2.17. The lowest BCUT2D eigenvalue weighted by molar-refractivity contribution is 0.101. The summed E-state index contributed by atoms with van der Waals surface area (Å²) in [4.78, 5) is 11.4. The van der Waals surface area contributed by atoms with Crippen LogP contribution < -0.4 is 4.72 Å². The normalized spacial score (nSPS) is 13.3. The van der Waals surface area contributed by atoms with Crippen LogP contribution in [0.3, 0.4) is 0 Å². The van der Waals surface area contributed by atoms with Crippen molar-refractivity contribution >= 4 is 15.8 Å². The van der Waals surface area contributed by atoms with Gasteiger partial charge in [0.2, 0.25) is 10.0 Å². The first-order chi connectivity index (χ1) is 8.36. The maximum Gasteiger partial charge on any atom is 0.240 e. The van der Waals surface area contributed by atoms with Gasteiger partial charge in [-0.15, -0.1) is 0 Å². The molecule has 100 valence electrons. The Hall–Kier alpha value is -1.20. The molecule has 1 unspecified atom stereocenters. The fourth-order valence-corrected chi connectivity index (χ4v) is 3.03. The van der Waals surface area contributed by atoms with Crippen LogP contribution in [0, 0.1) is 0 Å². The Balaban J connectivity index is 2.98. The fourth-order valence-electron chi connectivity index (χ4n) is 1.71. The first-order valence-electron chi connectivity index (χ1n) is 6.00. The second kappa shape index (κ2) is 6.11. The van der Waals surface area contributed by atoms with E-state index in [1.807, 2.05) is 13.8 Å². The highest BCUT2D eigenvalue weighted by molar-refractivity contribution is 7.89. The molecule has 0 aliphatic rings. The number of sulfonamides is 1. The minimum absolute atomic E-state index is 0.110. The second-order valence-electron chi connectivity index (χ2n) is 4.40. The number of benzene rings is 1. The summed E-state index contributed by atoms with van der Waals surface area (Å²) >= 11 is 0. The molecule has 1 aromatic rings. The number of Topliss-reactive ketones (excluding diaryl/α,β-unsaturated/α-hetero) is 1. The molecule has 1 atom stereocenters. The molecule has 1 rings (SSSR count). The topological polar surface area (TPSA) is 63.2 Å². The van der Waals surface area contributed by atoms with Crippen molar-refractivity contribution in [2.45, 2.75) is 44.6 Å². The summed E-state index contributed by atoms with van der Waals surface area (Å²) in [5.74, 6) is -0.145. The Labute approximate surface area is 108 Å². The number of nitrogens with one attached hydrogen (secondary N) is 1. The monoisotopic (exact) mass is 269 g/mol. The van der Waals surface area contributed by atoms with Gasteiger partial charge in [-0.1, -0.05) is 25.5 Å². The van der Waals surface area contributed by atoms with Crippen LogP contribution in [0.2, 0.25) is 0 Å². The number of hydrogen-bond acceptors (Lipinski definition) is 3. The van der Waals surface area contributed by atoms with Gasteiger partial charge in [0.1, 0.15) is 0 Å². The number of rotatable bonds is 6. The van der Waals surface area contributed by atoms with Crippen molar-refractivity contribution in [1.82, 2.24) is 4.72 Å². The molecule has 0 bridgehead atoms. The van der Waals surface area contributed by atoms with E-state index in [2.05, 4.69) is 4.72 Å². The van der Waals surface area contributed by atoms with Crippen molar-refractivity contribution in [1.29, 1.82) is 0 Å². The standard InChI is InChI=1S/C13H19NO3S/c1-4-6-10(2)14-18(16,17)13-8-5-7-12(9-13)11(3)15/h5,7-10,14H,4,6H2,1-3H3. The van der Waals surface area contributed by atoms with Crippen molar-refractivity contribution in [3.63, 3.8) is 0 Å². The molecule has 4 nitrogen and oxygen atoms in total. The zero-order valence-corrected chi connectivity index (χ0v) is 11.8. The van der Waals surface area contributed by atoms with Gasteiger partial charge in [0.25, 0.3) is 0 Å². The van der Waals surface area contributed by atoms with E-state index >= 15 is 0 Å². The minimum Gasteiger partial charge on any atom is -0.295 e. The summed E-state index contributed by atoms with van der Waals surface area (Å²) in [7, 11) is -3.54. The van der Waals surface area contributed by atoms with Crippen LogP contribution in [0.4, 0.5) is 0 Å². The van der Waals surface area contributed by atoms with Crippen LogP contribution in [0.25, 0.3) is 0 Å². The van der Waals surface area contributed by atoms with Crippen molar-refractivity contribution < 1.29 is 13.2 Å². The minimum atomic E-state index is -3.54. The van der Waals surface area contributed by atoms with Gasteiger partial charge < -0.3 is 0 Å². The quantitative estimate of drug-likeness (QED) is 0.806. The summed E-state index contributed by atoms with van der Waals surface area (Å²) in [5.41, 5.74) is 0.404. The van der Waals surface area contributed by atoms with Crippen molar-refractivity contribution in [3.8, 4) is 0 Å². The molecule has 0 spiro atoms. The largest absolute Gasteiger partial charge is 0.295 e. The summed E-state index contributed by atoms with van der Waals surface area (Å²) in [6.45, 7) is 5.25. The lowest BCUT2D eigenvalue weighted by atomic mass is 10.2. The van der Waals surface area contributed by atoms with Crippen LogP contribution in [-0.4, -0.2) is 20.2 Å². The van der Waals surface area contributed by atoms with Gasteiger partial charge in [0.15, 0.2) is 5.78 Å². The highest BCUT2D eigenvalue weighted by Crippen LogP contribution is 2.13. The summed E-state index contributed by atoms with van der Waals surface area (Å²) in [6.07, 6.45) is 1.70. The molecule has 0 aliphatic heterocycles. The number of ketones is 1. The van der Waals surface area contributed by atoms with Crippen molar-refractivity contribution in [2.75, 3.05) is 0 Å². The Morgan fingerprint density at radius 1 is 1.39 bits per heavy atom. The molecule has 0 radical (unpaired) electrons. The van der Waals surface area contributed by atoms with Gasteiger partial charge in [-0.05, 0) is 32.4 Å². The molecular weight excluding hydrogens is 250 g/mol. The van der Waals surface area contributed by atoms with Gasteiger partial charge in [-0.3, -0.25) is 4.79 Å². The van der Waals surface area contributed by atoms with Gasteiger partial charge in [-0.2, -0.15) is 0 Å². The molecule has 0 saturated heterocycles. The van der Waals surface area contributed by atoms with E-state index in [9.17, 15) is 13.2 Å². The number of hydrogen-bond donors (Lipinski definition) is 1. The lowest BCUT2D eigenvalue weighted by Gasteiger charge is -2.13. The molecule has 0 saturated carbocycles. The third-order valence-electron chi connectivity index (χ3n) is 2.63. The zero-order chi connectivity index (χ0) is 13.8. The van der Waals surface area contributed by atoms with Crippen LogP contribution in [0.15, 0.2) is 29.2 Å². The first-order valence-corrected chi connectivity index (χ1v) is 7.48. The predicted octanol–water partition coefficient (Wildman–Crippen LogP) is 2.36. The summed E-state index contributed by atoms with van der Waals surface area (Å²) in [5, 5.41) is 0. The molecule has 0 heterocycles. The molecule has 5 heteroatoms. The van der Waals surface area contributed by atoms with Crippen LogP contribution in [0.5, 0.6) is 0 Å². The zero-order valence-electron chi connectivity index (χ0n) is 10.9. The van der Waals surface area contributed by atoms with Crippen LogP contribution >= 0.6 is 0 Å². The smallest absolute Gasteiger partial charge is 0.240 e. The molecule has 1 aromatic carbocycles. The third-order valence-corrected chi connectivity index (χ3v) is 4.22. The molecule has 0 aromatic heterocycles. The molecule has 0 fully saturated rings. The van der Waals surface area contributed by atoms with Gasteiger partial charge >= 0.3 is 0 Å². The van der Waals surface area contributed by atoms with Crippen molar-refractivity contribution in [2.24, 2.45) is 0 Å². The maximum atomic E-state index is 12.1. The molecular formula is C13H19NO3S. The summed E-state index contributed by atoms with van der Waals surface area (Å²) < 4.78 is 26.7. The van der Waals surface area contributed by atoms with Crippen LogP contribution in [0.1, 0.15) is 44.0 Å². The van der Waals surface area contributed by atoms with E-state index in [1.165, 1.54) is 19.1 Å². The Morgan fingerprint density at radius 2 is 2.06 bits per heavy atom. The van der Waals surface area contributed by atoms with E-state index < -0.39 is 10.0 Å². The third kappa shape index (κ3) is 3.92. The van der Waals surface area contributed by atoms with Crippen molar-refractivity contribution in [3.05, 3.63) is 29.8 Å². The summed E-state index contributed by atoms with van der Waals surface area (Å²) in [6, 6.07) is 5.98. The Kier molecular flexibility index (Phi) is 5.04. The van der Waals surface area contributed by atoms with Gasteiger partial charge in [-0.25, -0.2) is 13.1 Å². The average molecular weight is 269 g/mol. The fraction of sp³-hybridized carbons (Fsp3) is 0.462. The highest BCUT2D eigenvalue weighted by atomic mass is 32.2. The first kappa shape index (κ1) is 14.9. The number of carbonyl (C=O) groups excluding carboxylic acids is 1. The maximum absolute atomic E-state index is 12.1. The van der Waals surface area contributed by atoms with Crippen LogP contribution in [-0.2, 0) is 10.0 Å². The molecule has 0 aliphatic carbocycles. The van der Waals surface area contributed by atoms with Gasteiger partial charge in [0.05, 0.1) is 4.90 Å².